The van der Waals surface area contributed by atoms with Gasteiger partial charge < -0.3 is 10.1 Å². The Labute approximate surface area is 129 Å². The quantitative estimate of drug-likeness (QED) is 0.827. The number of rotatable bonds is 6. The van der Waals surface area contributed by atoms with Gasteiger partial charge in [-0.3, -0.25) is 0 Å². The highest BCUT2D eigenvalue weighted by Gasteiger charge is 2.07. The molecule has 2 rings (SSSR count). The minimum atomic E-state index is 0.303. The number of nitrogens with one attached hydrogen (secondary N) is 1. The van der Waals surface area contributed by atoms with Gasteiger partial charge in [-0.2, -0.15) is 0 Å². The van der Waals surface area contributed by atoms with E-state index >= 15 is 0 Å². The number of halogens is 1. The van der Waals surface area contributed by atoms with E-state index in [0.717, 1.165) is 16.8 Å². The van der Waals surface area contributed by atoms with Crippen LogP contribution in [-0.2, 0) is 6.54 Å². The lowest BCUT2D eigenvalue weighted by molar-refractivity contribution is 0.340. The summed E-state index contributed by atoms with van der Waals surface area (Å²) < 4.78 is 6.59. The molecular weight excluding hydrogens is 314 g/mol. The lowest BCUT2D eigenvalue weighted by Crippen LogP contribution is -2.18. The van der Waals surface area contributed by atoms with Crippen molar-refractivity contribution in [2.45, 2.75) is 26.4 Å². The highest BCUT2D eigenvalue weighted by atomic mass is 79.9. The van der Waals surface area contributed by atoms with E-state index in [9.17, 15) is 0 Å². The molecule has 0 spiro atoms. The Morgan fingerprint density at radius 3 is 2.45 bits per heavy atom. The van der Waals surface area contributed by atoms with Crippen molar-refractivity contribution in [3.63, 3.8) is 0 Å². The maximum Gasteiger partial charge on any atom is 0.119 e. The standard InChI is InChI=1S/C17H20BrNO/c1-3-20-15-10-8-14(9-11-15)12-19-13(2)16-6-4-5-7-17(16)18/h4-11,13,19H,3,12H2,1-2H3/t13-/m1/s1. The average Bonchev–Trinajstić information content (AvgIpc) is 2.47. The van der Waals surface area contributed by atoms with Gasteiger partial charge in [-0.25, -0.2) is 0 Å². The summed E-state index contributed by atoms with van der Waals surface area (Å²) in [7, 11) is 0. The Hall–Kier alpha value is -1.32. The van der Waals surface area contributed by atoms with Crippen LogP contribution in [-0.4, -0.2) is 6.61 Å². The maximum atomic E-state index is 5.44. The zero-order chi connectivity index (χ0) is 14.4. The van der Waals surface area contributed by atoms with E-state index < -0.39 is 0 Å². The van der Waals surface area contributed by atoms with Gasteiger partial charge in [-0.15, -0.1) is 0 Å². The minimum Gasteiger partial charge on any atom is -0.494 e. The molecule has 1 N–H and O–H groups in total. The van der Waals surface area contributed by atoms with Gasteiger partial charge in [-0.05, 0) is 43.2 Å². The largest absolute Gasteiger partial charge is 0.494 e. The fourth-order valence-electron chi connectivity index (χ4n) is 2.08. The van der Waals surface area contributed by atoms with Crippen LogP contribution in [0.15, 0.2) is 53.0 Å². The average molecular weight is 334 g/mol. The summed E-state index contributed by atoms with van der Waals surface area (Å²) in [5.74, 6) is 0.926. The zero-order valence-corrected chi connectivity index (χ0v) is 13.5. The maximum absolute atomic E-state index is 5.44. The summed E-state index contributed by atoms with van der Waals surface area (Å²) in [6.45, 7) is 5.72. The molecule has 0 saturated carbocycles. The molecule has 0 bridgehead atoms. The number of hydrogen-bond acceptors (Lipinski definition) is 2. The molecule has 0 aromatic heterocycles. The number of hydrogen-bond donors (Lipinski definition) is 1. The summed E-state index contributed by atoms with van der Waals surface area (Å²) in [5.41, 5.74) is 2.53. The van der Waals surface area contributed by atoms with E-state index in [1.54, 1.807) is 0 Å². The van der Waals surface area contributed by atoms with Crippen LogP contribution >= 0.6 is 15.9 Å². The lowest BCUT2D eigenvalue weighted by Gasteiger charge is -2.16. The number of ether oxygens (including phenoxy) is 1. The molecule has 0 aliphatic carbocycles. The predicted octanol–water partition coefficient (Wildman–Crippen LogP) is 4.70. The Balaban J connectivity index is 1.93. The van der Waals surface area contributed by atoms with Gasteiger partial charge in [0.1, 0.15) is 5.75 Å². The van der Waals surface area contributed by atoms with Crippen molar-refractivity contribution >= 4 is 15.9 Å². The first-order chi connectivity index (χ1) is 9.70. The normalized spacial score (nSPS) is 12.2. The third-order valence-electron chi connectivity index (χ3n) is 3.22. The topological polar surface area (TPSA) is 21.3 Å². The van der Waals surface area contributed by atoms with Crippen LogP contribution in [0.3, 0.4) is 0 Å². The summed E-state index contributed by atoms with van der Waals surface area (Å²) in [6, 6.07) is 16.9. The first-order valence-electron chi connectivity index (χ1n) is 6.90. The van der Waals surface area contributed by atoms with Gasteiger partial charge in [0, 0.05) is 17.1 Å². The first kappa shape index (κ1) is 15.1. The van der Waals surface area contributed by atoms with Crippen LogP contribution in [0.25, 0.3) is 0 Å². The summed E-state index contributed by atoms with van der Waals surface area (Å²) in [5, 5.41) is 3.54. The van der Waals surface area contributed by atoms with Gasteiger partial charge in [0.25, 0.3) is 0 Å². The predicted molar refractivity (Wildman–Crippen MR) is 87.0 cm³/mol. The third-order valence-corrected chi connectivity index (χ3v) is 3.94. The van der Waals surface area contributed by atoms with Gasteiger partial charge in [0.2, 0.25) is 0 Å². The second kappa shape index (κ2) is 7.46. The van der Waals surface area contributed by atoms with E-state index in [0.29, 0.717) is 12.6 Å². The van der Waals surface area contributed by atoms with Gasteiger partial charge >= 0.3 is 0 Å². The van der Waals surface area contributed by atoms with Crippen LogP contribution in [0.2, 0.25) is 0 Å². The van der Waals surface area contributed by atoms with Crippen molar-refractivity contribution in [2.75, 3.05) is 6.61 Å². The fraction of sp³-hybridized carbons (Fsp3) is 0.294. The Morgan fingerprint density at radius 2 is 1.80 bits per heavy atom. The molecule has 0 amide bonds. The molecular formula is C17H20BrNO. The molecule has 2 aromatic carbocycles. The van der Waals surface area contributed by atoms with E-state index in [-0.39, 0.29) is 0 Å². The van der Waals surface area contributed by atoms with Crippen molar-refractivity contribution in [2.24, 2.45) is 0 Å². The van der Waals surface area contributed by atoms with Gasteiger partial charge in [0.15, 0.2) is 0 Å². The molecule has 20 heavy (non-hydrogen) atoms. The van der Waals surface area contributed by atoms with Crippen LogP contribution < -0.4 is 10.1 Å². The van der Waals surface area contributed by atoms with E-state index in [4.69, 9.17) is 4.74 Å². The van der Waals surface area contributed by atoms with Crippen molar-refractivity contribution in [3.8, 4) is 5.75 Å². The monoisotopic (exact) mass is 333 g/mol. The van der Waals surface area contributed by atoms with Crippen molar-refractivity contribution in [1.82, 2.24) is 5.32 Å². The van der Waals surface area contributed by atoms with E-state index in [1.807, 2.05) is 25.1 Å². The van der Waals surface area contributed by atoms with Crippen molar-refractivity contribution in [3.05, 3.63) is 64.1 Å². The molecule has 0 fully saturated rings. The van der Waals surface area contributed by atoms with Crippen molar-refractivity contribution in [1.29, 1.82) is 0 Å². The summed E-state index contributed by atoms with van der Waals surface area (Å²) >= 11 is 3.59. The van der Waals surface area contributed by atoms with Crippen molar-refractivity contribution < 1.29 is 4.74 Å². The van der Waals surface area contributed by atoms with Gasteiger partial charge in [0.05, 0.1) is 6.61 Å². The highest BCUT2D eigenvalue weighted by Crippen LogP contribution is 2.23. The first-order valence-corrected chi connectivity index (χ1v) is 7.69. The molecule has 0 saturated heterocycles. The molecule has 0 aliphatic rings. The molecule has 0 aliphatic heterocycles. The molecule has 106 valence electrons. The Morgan fingerprint density at radius 1 is 1.10 bits per heavy atom. The third kappa shape index (κ3) is 4.09. The molecule has 1 atom stereocenters. The zero-order valence-electron chi connectivity index (χ0n) is 11.9. The Kier molecular flexibility index (Phi) is 5.62. The van der Waals surface area contributed by atoms with Crippen LogP contribution in [0.5, 0.6) is 5.75 Å². The smallest absolute Gasteiger partial charge is 0.119 e. The molecule has 0 unspecified atom stereocenters. The molecule has 2 nitrogen and oxygen atoms in total. The van der Waals surface area contributed by atoms with Crippen LogP contribution in [0.4, 0.5) is 0 Å². The molecule has 2 aromatic rings. The lowest BCUT2D eigenvalue weighted by atomic mass is 10.1. The van der Waals surface area contributed by atoms with Crippen LogP contribution in [0.1, 0.15) is 31.0 Å². The molecule has 3 heteroatoms. The second-order valence-electron chi connectivity index (χ2n) is 4.70. The minimum absolute atomic E-state index is 0.303. The highest BCUT2D eigenvalue weighted by molar-refractivity contribution is 9.10. The second-order valence-corrected chi connectivity index (χ2v) is 5.56. The Bertz CT molecular complexity index is 539. The molecule has 0 radical (unpaired) electrons. The molecule has 0 heterocycles. The summed E-state index contributed by atoms with van der Waals surface area (Å²) in [4.78, 5) is 0. The van der Waals surface area contributed by atoms with Gasteiger partial charge in [-0.1, -0.05) is 46.3 Å². The van der Waals surface area contributed by atoms with Crippen LogP contribution in [0, 0.1) is 0 Å². The number of benzene rings is 2. The van der Waals surface area contributed by atoms with E-state index in [2.05, 4.69) is 58.5 Å². The SMILES string of the molecule is CCOc1ccc(CN[C@H](C)c2ccccc2Br)cc1. The van der Waals surface area contributed by atoms with E-state index in [1.165, 1.54) is 11.1 Å². The fourth-order valence-corrected chi connectivity index (χ4v) is 2.71. The summed E-state index contributed by atoms with van der Waals surface area (Å²) in [6.07, 6.45) is 0.